The lowest BCUT2D eigenvalue weighted by molar-refractivity contribution is -0.137. The molecule has 0 saturated carbocycles. The third-order valence-corrected chi connectivity index (χ3v) is 6.41. The highest BCUT2D eigenvalue weighted by atomic mass is 32.2. The van der Waals surface area contributed by atoms with Crippen LogP contribution in [-0.4, -0.2) is 51.9 Å². The van der Waals surface area contributed by atoms with E-state index >= 15 is 0 Å². The van der Waals surface area contributed by atoms with Crippen molar-refractivity contribution in [2.24, 2.45) is 0 Å². The van der Waals surface area contributed by atoms with Crippen molar-refractivity contribution >= 4 is 21.6 Å². The average molecular weight is 441 g/mol. The minimum Gasteiger partial charge on any atom is -0.368 e. The SMILES string of the molecule is CCNS(=O)(=O)c1ccc(C(=O)N2CCN(c3cccc(C(F)(F)F)c3)CC2)cc1. The van der Waals surface area contributed by atoms with Crippen LogP contribution in [0.4, 0.5) is 18.9 Å². The summed E-state index contributed by atoms with van der Waals surface area (Å²) in [6.07, 6.45) is -4.40. The molecule has 0 bridgehead atoms. The lowest BCUT2D eigenvalue weighted by Crippen LogP contribution is -2.48. The second kappa shape index (κ2) is 8.65. The van der Waals surface area contributed by atoms with Gasteiger partial charge in [0.2, 0.25) is 10.0 Å². The molecule has 0 aliphatic carbocycles. The Bertz CT molecular complexity index is 1000. The Morgan fingerprint density at radius 2 is 1.67 bits per heavy atom. The van der Waals surface area contributed by atoms with Gasteiger partial charge < -0.3 is 9.80 Å². The van der Waals surface area contributed by atoms with E-state index in [1.807, 2.05) is 4.90 Å². The van der Waals surface area contributed by atoms with Crippen molar-refractivity contribution in [3.05, 3.63) is 59.7 Å². The van der Waals surface area contributed by atoms with Crippen molar-refractivity contribution < 1.29 is 26.4 Å². The zero-order valence-corrected chi connectivity index (χ0v) is 17.1. The molecule has 1 amide bonds. The molecule has 0 spiro atoms. The van der Waals surface area contributed by atoms with E-state index in [2.05, 4.69) is 4.72 Å². The van der Waals surface area contributed by atoms with E-state index in [0.29, 0.717) is 37.4 Å². The van der Waals surface area contributed by atoms with Crippen molar-refractivity contribution in [2.45, 2.75) is 18.0 Å². The summed E-state index contributed by atoms with van der Waals surface area (Å²) in [6, 6.07) is 10.8. The van der Waals surface area contributed by atoms with Gasteiger partial charge in [0.15, 0.2) is 0 Å². The number of nitrogens with one attached hydrogen (secondary N) is 1. The molecule has 1 heterocycles. The lowest BCUT2D eigenvalue weighted by atomic mass is 10.1. The molecule has 1 aliphatic heterocycles. The molecule has 0 radical (unpaired) electrons. The van der Waals surface area contributed by atoms with Crippen LogP contribution < -0.4 is 9.62 Å². The molecule has 1 aliphatic rings. The van der Waals surface area contributed by atoms with Gasteiger partial charge in [-0.2, -0.15) is 13.2 Å². The number of carbonyl (C=O) groups is 1. The number of alkyl halides is 3. The first kappa shape index (κ1) is 22.1. The fourth-order valence-corrected chi connectivity index (χ4v) is 4.32. The summed E-state index contributed by atoms with van der Waals surface area (Å²) in [5.41, 5.74) is 0.124. The van der Waals surface area contributed by atoms with Crippen molar-refractivity contribution in [3.63, 3.8) is 0 Å². The standard InChI is InChI=1S/C20H22F3N3O3S/c1-2-24-30(28,29)18-8-6-15(7-9-18)19(27)26-12-10-25(11-13-26)17-5-3-4-16(14-17)20(21,22)23/h3-9,14,24H,2,10-13H2,1H3. The van der Waals surface area contributed by atoms with Crippen molar-refractivity contribution in [1.82, 2.24) is 9.62 Å². The van der Waals surface area contributed by atoms with E-state index < -0.39 is 21.8 Å². The Kier molecular flexibility index (Phi) is 6.37. The van der Waals surface area contributed by atoms with Crippen LogP contribution in [0.1, 0.15) is 22.8 Å². The zero-order valence-electron chi connectivity index (χ0n) is 16.3. The number of benzene rings is 2. The van der Waals surface area contributed by atoms with E-state index in [1.54, 1.807) is 17.9 Å². The molecular formula is C20H22F3N3O3S. The number of amides is 1. The minimum absolute atomic E-state index is 0.0789. The Balaban J connectivity index is 1.65. The second-order valence-electron chi connectivity index (χ2n) is 6.85. The predicted molar refractivity (Wildman–Crippen MR) is 107 cm³/mol. The molecule has 3 rings (SSSR count). The fraction of sp³-hybridized carbons (Fsp3) is 0.350. The first-order valence-corrected chi connectivity index (χ1v) is 10.9. The molecule has 1 fully saturated rings. The summed E-state index contributed by atoms with van der Waals surface area (Å²) in [7, 11) is -3.59. The maximum Gasteiger partial charge on any atom is 0.416 e. The lowest BCUT2D eigenvalue weighted by Gasteiger charge is -2.36. The smallest absolute Gasteiger partial charge is 0.368 e. The highest BCUT2D eigenvalue weighted by Gasteiger charge is 2.31. The number of halogens is 3. The maximum atomic E-state index is 12.9. The summed E-state index contributed by atoms with van der Waals surface area (Å²) < 4.78 is 65.1. The van der Waals surface area contributed by atoms with Crippen LogP contribution >= 0.6 is 0 Å². The number of hydrogen-bond acceptors (Lipinski definition) is 4. The molecule has 0 atom stereocenters. The Morgan fingerprint density at radius 3 is 2.23 bits per heavy atom. The minimum atomic E-state index is -4.40. The molecule has 0 unspecified atom stereocenters. The van der Waals surface area contributed by atoms with Gasteiger partial charge in [-0.15, -0.1) is 0 Å². The fourth-order valence-electron chi connectivity index (χ4n) is 3.28. The van der Waals surface area contributed by atoms with Gasteiger partial charge in [0, 0.05) is 44.0 Å². The topological polar surface area (TPSA) is 69.7 Å². The van der Waals surface area contributed by atoms with Gasteiger partial charge in [-0.3, -0.25) is 4.79 Å². The third kappa shape index (κ3) is 4.93. The third-order valence-electron chi connectivity index (χ3n) is 4.85. The van der Waals surface area contributed by atoms with Crippen LogP contribution in [0.3, 0.4) is 0 Å². The van der Waals surface area contributed by atoms with Crippen LogP contribution in [0, 0.1) is 0 Å². The van der Waals surface area contributed by atoms with Gasteiger partial charge in [0.25, 0.3) is 5.91 Å². The quantitative estimate of drug-likeness (QED) is 0.775. The van der Waals surface area contributed by atoms with Crippen LogP contribution in [0.15, 0.2) is 53.4 Å². The largest absolute Gasteiger partial charge is 0.416 e. The molecule has 2 aromatic carbocycles. The number of rotatable bonds is 5. The van der Waals surface area contributed by atoms with Crippen molar-refractivity contribution in [3.8, 4) is 0 Å². The van der Waals surface area contributed by atoms with Gasteiger partial charge in [-0.05, 0) is 42.5 Å². The van der Waals surface area contributed by atoms with Gasteiger partial charge >= 0.3 is 6.18 Å². The van der Waals surface area contributed by atoms with Crippen LogP contribution in [0.2, 0.25) is 0 Å². The Labute approximate surface area is 173 Å². The van der Waals surface area contributed by atoms with E-state index in [1.165, 1.54) is 30.3 Å². The zero-order chi connectivity index (χ0) is 21.9. The molecule has 2 aromatic rings. The Hall–Kier alpha value is -2.59. The number of sulfonamides is 1. The van der Waals surface area contributed by atoms with Crippen molar-refractivity contribution in [2.75, 3.05) is 37.6 Å². The summed E-state index contributed by atoms with van der Waals surface area (Å²) in [5, 5.41) is 0. The van der Waals surface area contributed by atoms with Gasteiger partial charge in [0.1, 0.15) is 0 Å². The van der Waals surface area contributed by atoms with Gasteiger partial charge in [-0.1, -0.05) is 13.0 Å². The first-order chi connectivity index (χ1) is 14.1. The summed E-state index contributed by atoms with van der Waals surface area (Å²) in [4.78, 5) is 16.2. The molecule has 1 saturated heterocycles. The summed E-state index contributed by atoms with van der Waals surface area (Å²) in [5.74, 6) is -0.244. The van der Waals surface area contributed by atoms with Gasteiger partial charge in [-0.25, -0.2) is 13.1 Å². The van der Waals surface area contributed by atoms with E-state index in [0.717, 1.165) is 12.1 Å². The molecule has 162 valence electrons. The van der Waals surface area contributed by atoms with Crippen LogP contribution in [0.25, 0.3) is 0 Å². The highest BCUT2D eigenvalue weighted by molar-refractivity contribution is 7.89. The molecule has 6 nitrogen and oxygen atoms in total. The van der Waals surface area contributed by atoms with Gasteiger partial charge in [0.05, 0.1) is 10.5 Å². The van der Waals surface area contributed by atoms with Crippen LogP contribution in [-0.2, 0) is 16.2 Å². The molecule has 10 heteroatoms. The Morgan fingerprint density at radius 1 is 1.03 bits per heavy atom. The normalized spacial score (nSPS) is 15.3. The summed E-state index contributed by atoms with van der Waals surface area (Å²) in [6.45, 7) is 3.45. The molecular weight excluding hydrogens is 419 g/mol. The number of nitrogens with zero attached hydrogens (tertiary/aromatic N) is 2. The predicted octanol–water partition coefficient (Wildman–Crippen LogP) is 2.97. The van der Waals surface area contributed by atoms with Crippen molar-refractivity contribution in [1.29, 1.82) is 0 Å². The summed E-state index contributed by atoms with van der Waals surface area (Å²) >= 11 is 0. The monoisotopic (exact) mass is 441 g/mol. The van der Waals surface area contributed by atoms with E-state index in [4.69, 9.17) is 0 Å². The van der Waals surface area contributed by atoms with E-state index in [9.17, 15) is 26.4 Å². The number of hydrogen-bond donors (Lipinski definition) is 1. The number of anilines is 1. The number of carbonyl (C=O) groups excluding carboxylic acids is 1. The average Bonchev–Trinajstić information content (AvgIpc) is 2.73. The first-order valence-electron chi connectivity index (χ1n) is 9.43. The molecule has 30 heavy (non-hydrogen) atoms. The maximum absolute atomic E-state index is 12.9. The molecule has 1 N–H and O–H groups in total. The van der Waals surface area contributed by atoms with Crippen LogP contribution in [0.5, 0.6) is 0 Å². The number of piperazine rings is 1. The second-order valence-corrected chi connectivity index (χ2v) is 8.62. The molecule has 0 aromatic heterocycles. The van der Waals surface area contributed by atoms with E-state index in [-0.39, 0.29) is 17.3 Å². The highest BCUT2D eigenvalue weighted by Crippen LogP contribution is 2.32.